The van der Waals surface area contributed by atoms with Crippen LogP contribution in [0.15, 0.2) is 0 Å². The highest BCUT2D eigenvalue weighted by molar-refractivity contribution is 4.60. The Kier molecular flexibility index (Phi) is 12.3. The van der Waals surface area contributed by atoms with Gasteiger partial charge in [0.25, 0.3) is 0 Å². The van der Waals surface area contributed by atoms with Gasteiger partial charge in [0.1, 0.15) is 0 Å². The maximum atomic E-state index is 5.26. The van der Waals surface area contributed by atoms with E-state index in [9.17, 15) is 0 Å². The normalized spacial score (nSPS) is 16.8. The molecule has 0 aromatic heterocycles. The molecule has 0 aromatic carbocycles. The van der Waals surface area contributed by atoms with Crippen molar-refractivity contribution in [1.29, 1.82) is 0 Å². The Morgan fingerprint density at radius 3 is 2.24 bits per heavy atom. The second-order valence-electron chi connectivity index (χ2n) is 5.01. The number of ether oxygens (including phenoxy) is 2. The number of unbranched alkanes of at least 4 members (excludes halogenated alkanes) is 2. The van der Waals surface area contributed by atoms with Gasteiger partial charge >= 0.3 is 0 Å². The molecule has 1 rings (SSSR count). The van der Waals surface area contributed by atoms with Crippen LogP contribution in [0.2, 0.25) is 0 Å². The van der Waals surface area contributed by atoms with Crippen molar-refractivity contribution in [3.63, 3.8) is 0 Å². The molecule has 17 heavy (non-hydrogen) atoms. The van der Waals surface area contributed by atoms with Crippen LogP contribution in [0.25, 0.3) is 0 Å². The van der Waals surface area contributed by atoms with Gasteiger partial charge in [0.2, 0.25) is 0 Å². The quantitative estimate of drug-likeness (QED) is 0.672. The van der Waals surface area contributed by atoms with E-state index < -0.39 is 0 Å². The van der Waals surface area contributed by atoms with E-state index in [0.29, 0.717) is 5.92 Å². The predicted molar refractivity (Wildman–Crippen MR) is 73.5 cm³/mol. The largest absolute Gasteiger partial charge is 0.384 e. The van der Waals surface area contributed by atoms with Gasteiger partial charge in [-0.2, -0.15) is 0 Å². The molecule has 0 aliphatic carbocycles. The zero-order chi connectivity index (χ0) is 12.9. The molecule has 0 saturated carbocycles. The van der Waals surface area contributed by atoms with Crippen molar-refractivity contribution in [3.8, 4) is 0 Å². The molecule has 0 spiro atoms. The molecular formula is C14H31NO2. The molecule has 1 aliphatic heterocycles. The van der Waals surface area contributed by atoms with Crippen molar-refractivity contribution in [1.82, 2.24) is 4.90 Å². The highest BCUT2D eigenvalue weighted by Crippen LogP contribution is 2.01. The average Bonchev–Trinajstić information content (AvgIpc) is 2.31. The van der Waals surface area contributed by atoms with Crippen molar-refractivity contribution in [2.75, 3.05) is 46.6 Å². The third-order valence-electron chi connectivity index (χ3n) is 2.68. The van der Waals surface area contributed by atoms with Gasteiger partial charge in [-0.05, 0) is 18.9 Å². The van der Waals surface area contributed by atoms with Crippen LogP contribution in [0, 0.1) is 5.92 Å². The van der Waals surface area contributed by atoms with Crippen molar-refractivity contribution in [2.24, 2.45) is 5.92 Å². The van der Waals surface area contributed by atoms with Crippen LogP contribution in [0.3, 0.4) is 0 Å². The van der Waals surface area contributed by atoms with Crippen LogP contribution in [-0.2, 0) is 9.47 Å². The molecule has 1 heterocycles. The van der Waals surface area contributed by atoms with Gasteiger partial charge in [0, 0.05) is 26.8 Å². The summed E-state index contributed by atoms with van der Waals surface area (Å²) in [6.45, 7) is 12.8. The summed E-state index contributed by atoms with van der Waals surface area (Å²) >= 11 is 0. The summed E-state index contributed by atoms with van der Waals surface area (Å²) in [7, 11) is 1.72. The molecule has 0 bridgehead atoms. The van der Waals surface area contributed by atoms with Crippen LogP contribution in [-0.4, -0.2) is 51.5 Å². The molecule has 3 nitrogen and oxygen atoms in total. The van der Waals surface area contributed by atoms with Crippen molar-refractivity contribution >= 4 is 0 Å². The summed E-state index contributed by atoms with van der Waals surface area (Å²) in [6, 6.07) is 0. The summed E-state index contributed by atoms with van der Waals surface area (Å²) in [5.41, 5.74) is 0. The van der Waals surface area contributed by atoms with Crippen LogP contribution >= 0.6 is 0 Å². The van der Waals surface area contributed by atoms with Gasteiger partial charge in [0.15, 0.2) is 0 Å². The Bertz CT molecular complexity index is 145. The zero-order valence-electron chi connectivity index (χ0n) is 12.2. The fourth-order valence-corrected chi connectivity index (χ4v) is 1.74. The van der Waals surface area contributed by atoms with Crippen molar-refractivity contribution in [2.45, 2.75) is 40.0 Å². The van der Waals surface area contributed by atoms with E-state index in [-0.39, 0.29) is 0 Å². The van der Waals surface area contributed by atoms with E-state index in [1.165, 1.54) is 25.8 Å². The van der Waals surface area contributed by atoms with Crippen LogP contribution in [0.5, 0.6) is 0 Å². The highest BCUT2D eigenvalue weighted by Gasteiger charge is 2.08. The van der Waals surface area contributed by atoms with E-state index in [1.807, 2.05) is 0 Å². The van der Waals surface area contributed by atoms with Gasteiger partial charge in [0.05, 0.1) is 13.2 Å². The third kappa shape index (κ3) is 12.1. The molecule has 0 radical (unpaired) electrons. The minimum Gasteiger partial charge on any atom is -0.384 e. The lowest BCUT2D eigenvalue weighted by Gasteiger charge is -2.26. The fourth-order valence-electron chi connectivity index (χ4n) is 1.74. The standard InChI is InChI=1S/C9H19NO.C5H12O/c1-2-3-4-5-10-6-8-11-9-7-10;1-5(2)4-6-3/h2-9H2,1H3;5H,4H2,1-3H3. The molecule has 0 N–H and O–H groups in total. The average molecular weight is 245 g/mol. The van der Waals surface area contributed by atoms with Crippen molar-refractivity contribution < 1.29 is 9.47 Å². The first-order valence-electron chi connectivity index (χ1n) is 6.99. The molecule has 104 valence electrons. The van der Waals surface area contributed by atoms with Crippen LogP contribution in [0.1, 0.15) is 40.0 Å². The molecule has 1 saturated heterocycles. The first-order chi connectivity index (χ1) is 8.20. The van der Waals surface area contributed by atoms with Gasteiger partial charge in [-0.25, -0.2) is 0 Å². The summed E-state index contributed by atoms with van der Waals surface area (Å²) in [4.78, 5) is 2.50. The second-order valence-corrected chi connectivity index (χ2v) is 5.01. The third-order valence-corrected chi connectivity index (χ3v) is 2.68. The molecule has 0 amide bonds. The van der Waals surface area contributed by atoms with Gasteiger partial charge < -0.3 is 9.47 Å². The van der Waals surface area contributed by atoms with E-state index in [4.69, 9.17) is 9.47 Å². The predicted octanol–water partition coefficient (Wildman–Crippen LogP) is 2.80. The number of nitrogens with zero attached hydrogens (tertiary/aromatic N) is 1. The monoisotopic (exact) mass is 245 g/mol. The number of hydrogen-bond acceptors (Lipinski definition) is 3. The van der Waals surface area contributed by atoms with Gasteiger partial charge in [-0.1, -0.05) is 33.6 Å². The topological polar surface area (TPSA) is 21.7 Å². The molecule has 1 fully saturated rings. The summed E-state index contributed by atoms with van der Waals surface area (Å²) in [6.07, 6.45) is 4.05. The summed E-state index contributed by atoms with van der Waals surface area (Å²) < 4.78 is 10.1. The Labute approximate surface area is 107 Å². The Morgan fingerprint density at radius 1 is 1.18 bits per heavy atom. The molecule has 0 aromatic rings. The molecule has 0 atom stereocenters. The zero-order valence-corrected chi connectivity index (χ0v) is 12.2. The first-order valence-corrected chi connectivity index (χ1v) is 6.99. The minimum atomic E-state index is 0.676. The number of rotatable bonds is 6. The summed E-state index contributed by atoms with van der Waals surface area (Å²) in [5, 5.41) is 0. The second kappa shape index (κ2) is 12.3. The van der Waals surface area contributed by atoms with Gasteiger partial charge in [-0.15, -0.1) is 0 Å². The van der Waals surface area contributed by atoms with Crippen molar-refractivity contribution in [3.05, 3.63) is 0 Å². The van der Waals surface area contributed by atoms with Crippen LogP contribution < -0.4 is 0 Å². The Hall–Kier alpha value is -0.120. The molecule has 3 heteroatoms. The van der Waals surface area contributed by atoms with E-state index in [2.05, 4.69) is 25.7 Å². The maximum absolute atomic E-state index is 5.26. The smallest absolute Gasteiger partial charge is 0.0594 e. The number of hydrogen-bond donors (Lipinski definition) is 0. The fraction of sp³-hybridized carbons (Fsp3) is 1.00. The minimum absolute atomic E-state index is 0.676. The highest BCUT2D eigenvalue weighted by atomic mass is 16.5. The molecular weight excluding hydrogens is 214 g/mol. The van der Waals surface area contributed by atoms with E-state index in [1.54, 1.807) is 7.11 Å². The summed E-state index contributed by atoms with van der Waals surface area (Å²) in [5.74, 6) is 0.676. The SMILES string of the molecule is CCCCCN1CCOCC1.COCC(C)C. The Balaban J connectivity index is 0.000000366. The molecule has 1 aliphatic rings. The number of morpholine rings is 1. The lowest BCUT2D eigenvalue weighted by Crippen LogP contribution is -2.36. The maximum Gasteiger partial charge on any atom is 0.0594 e. The lowest BCUT2D eigenvalue weighted by atomic mass is 10.2. The lowest BCUT2D eigenvalue weighted by molar-refractivity contribution is 0.0372. The van der Waals surface area contributed by atoms with Gasteiger partial charge in [-0.3, -0.25) is 4.90 Å². The Morgan fingerprint density at radius 2 is 1.82 bits per heavy atom. The van der Waals surface area contributed by atoms with E-state index in [0.717, 1.165) is 32.9 Å². The molecule has 0 unspecified atom stereocenters. The van der Waals surface area contributed by atoms with E-state index >= 15 is 0 Å². The number of methoxy groups -OCH3 is 1. The van der Waals surface area contributed by atoms with Crippen LogP contribution in [0.4, 0.5) is 0 Å². The first kappa shape index (κ1) is 16.9.